The standard InChI is InChI=1S/C20H25NO4/c1-14-16-6-5-15(23-2)13-17(16)25-18(14)19(22)21-10-3-7-20(9-11-21)8-4-12-24-20/h5-6,13H,3-4,7-12H2,1-2H3/t20-/m0/s1. The van der Waals surface area contributed by atoms with Crippen LogP contribution in [-0.4, -0.2) is 43.2 Å². The summed E-state index contributed by atoms with van der Waals surface area (Å²) in [5.74, 6) is 1.17. The zero-order valence-corrected chi connectivity index (χ0v) is 15.0. The van der Waals surface area contributed by atoms with Gasteiger partial charge in [-0.1, -0.05) is 0 Å². The number of rotatable bonds is 2. The minimum Gasteiger partial charge on any atom is -0.497 e. The van der Waals surface area contributed by atoms with E-state index in [2.05, 4.69) is 0 Å². The van der Waals surface area contributed by atoms with E-state index in [4.69, 9.17) is 13.9 Å². The molecule has 0 bridgehead atoms. The average Bonchev–Trinajstić information content (AvgIpc) is 3.15. The molecule has 0 unspecified atom stereocenters. The monoisotopic (exact) mass is 343 g/mol. The highest BCUT2D eigenvalue weighted by Gasteiger charge is 2.38. The van der Waals surface area contributed by atoms with Gasteiger partial charge < -0.3 is 18.8 Å². The van der Waals surface area contributed by atoms with Crippen molar-refractivity contribution in [3.8, 4) is 5.75 Å². The molecule has 1 aromatic heterocycles. The molecule has 0 N–H and O–H groups in total. The lowest BCUT2D eigenvalue weighted by Crippen LogP contribution is -2.34. The molecule has 0 aliphatic carbocycles. The minimum atomic E-state index is -0.0114. The maximum Gasteiger partial charge on any atom is 0.289 e. The molecule has 134 valence electrons. The second kappa shape index (κ2) is 6.37. The van der Waals surface area contributed by atoms with Gasteiger partial charge in [-0.2, -0.15) is 0 Å². The third kappa shape index (κ3) is 2.91. The van der Waals surface area contributed by atoms with Crippen LogP contribution in [0.25, 0.3) is 11.0 Å². The van der Waals surface area contributed by atoms with Crippen molar-refractivity contribution in [1.82, 2.24) is 4.90 Å². The number of amides is 1. The van der Waals surface area contributed by atoms with Crippen molar-refractivity contribution in [3.63, 3.8) is 0 Å². The van der Waals surface area contributed by atoms with E-state index in [1.807, 2.05) is 30.0 Å². The van der Waals surface area contributed by atoms with Gasteiger partial charge in [0.05, 0.1) is 12.7 Å². The van der Waals surface area contributed by atoms with Crippen LogP contribution in [0.4, 0.5) is 0 Å². The van der Waals surface area contributed by atoms with Crippen LogP contribution in [0.2, 0.25) is 0 Å². The topological polar surface area (TPSA) is 51.9 Å². The first-order valence-corrected chi connectivity index (χ1v) is 9.12. The van der Waals surface area contributed by atoms with Crippen molar-refractivity contribution in [1.29, 1.82) is 0 Å². The fourth-order valence-corrected chi connectivity index (χ4v) is 4.20. The summed E-state index contributed by atoms with van der Waals surface area (Å²) < 4.78 is 17.2. The van der Waals surface area contributed by atoms with Crippen molar-refractivity contribution in [3.05, 3.63) is 29.5 Å². The van der Waals surface area contributed by atoms with Crippen molar-refractivity contribution >= 4 is 16.9 Å². The second-order valence-electron chi connectivity index (χ2n) is 7.20. The van der Waals surface area contributed by atoms with Gasteiger partial charge >= 0.3 is 0 Å². The summed E-state index contributed by atoms with van der Waals surface area (Å²) in [5.41, 5.74) is 1.61. The smallest absolute Gasteiger partial charge is 0.289 e. The van der Waals surface area contributed by atoms with Crippen LogP contribution in [0.1, 0.15) is 48.2 Å². The Labute approximate surface area is 147 Å². The predicted molar refractivity (Wildman–Crippen MR) is 95.2 cm³/mol. The van der Waals surface area contributed by atoms with Gasteiger partial charge in [0, 0.05) is 36.7 Å². The van der Waals surface area contributed by atoms with Crippen LogP contribution in [-0.2, 0) is 4.74 Å². The van der Waals surface area contributed by atoms with E-state index in [9.17, 15) is 4.79 Å². The number of benzene rings is 1. The number of hydrogen-bond acceptors (Lipinski definition) is 4. The maximum atomic E-state index is 13.1. The van der Waals surface area contributed by atoms with Crippen LogP contribution in [0, 0.1) is 6.92 Å². The van der Waals surface area contributed by atoms with Gasteiger partial charge in [0.2, 0.25) is 0 Å². The Morgan fingerprint density at radius 3 is 2.80 bits per heavy atom. The van der Waals surface area contributed by atoms with Crippen molar-refractivity contribution in [2.75, 3.05) is 26.8 Å². The molecule has 1 amide bonds. The zero-order valence-electron chi connectivity index (χ0n) is 15.0. The largest absolute Gasteiger partial charge is 0.497 e. The number of fused-ring (bicyclic) bond motifs is 1. The lowest BCUT2D eigenvalue weighted by atomic mass is 9.92. The van der Waals surface area contributed by atoms with Gasteiger partial charge in [0.15, 0.2) is 5.76 Å². The lowest BCUT2D eigenvalue weighted by molar-refractivity contribution is -0.00697. The van der Waals surface area contributed by atoms with Crippen LogP contribution in [0.3, 0.4) is 0 Å². The number of likely N-dealkylation sites (tertiary alicyclic amines) is 1. The fourth-order valence-electron chi connectivity index (χ4n) is 4.20. The Morgan fingerprint density at radius 1 is 1.20 bits per heavy atom. The lowest BCUT2D eigenvalue weighted by Gasteiger charge is -2.26. The molecule has 2 aromatic rings. The number of methoxy groups -OCH3 is 1. The molecule has 3 heterocycles. The minimum absolute atomic E-state index is 0.00528. The summed E-state index contributed by atoms with van der Waals surface area (Å²) in [5, 5.41) is 0.967. The molecule has 2 aliphatic heterocycles. The molecule has 4 rings (SSSR count). The predicted octanol–water partition coefficient (Wildman–Crippen LogP) is 3.93. The quantitative estimate of drug-likeness (QED) is 0.829. The van der Waals surface area contributed by atoms with Crippen molar-refractivity contribution in [2.45, 2.75) is 44.6 Å². The molecule has 5 nitrogen and oxygen atoms in total. The first-order chi connectivity index (χ1) is 12.1. The van der Waals surface area contributed by atoms with Gasteiger partial charge in [-0.15, -0.1) is 0 Å². The van der Waals surface area contributed by atoms with Gasteiger partial charge in [-0.05, 0) is 51.2 Å². The molecule has 0 saturated carbocycles. The molecule has 2 aliphatic rings. The van der Waals surface area contributed by atoms with E-state index in [1.54, 1.807) is 7.11 Å². The van der Waals surface area contributed by atoms with Crippen LogP contribution in [0.5, 0.6) is 5.75 Å². The molecule has 1 aromatic carbocycles. The summed E-state index contributed by atoms with van der Waals surface area (Å²) >= 11 is 0. The second-order valence-corrected chi connectivity index (χ2v) is 7.20. The highest BCUT2D eigenvalue weighted by molar-refractivity contribution is 5.99. The third-order valence-electron chi connectivity index (χ3n) is 5.71. The molecule has 1 spiro atoms. The van der Waals surface area contributed by atoms with Gasteiger partial charge in [-0.25, -0.2) is 0 Å². The van der Waals surface area contributed by atoms with E-state index in [0.717, 1.165) is 68.5 Å². The van der Waals surface area contributed by atoms with E-state index < -0.39 is 0 Å². The summed E-state index contributed by atoms with van der Waals surface area (Å²) in [7, 11) is 1.63. The van der Waals surface area contributed by atoms with E-state index >= 15 is 0 Å². The summed E-state index contributed by atoms with van der Waals surface area (Å²) in [6.07, 6.45) is 5.22. The van der Waals surface area contributed by atoms with Gasteiger partial charge in [-0.3, -0.25) is 4.79 Å². The highest BCUT2D eigenvalue weighted by atomic mass is 16.5. The number of furan rings is 1. The molecular formula is C20H25NO4. The van der Waals surface area contributed by atoms with Gasteiger partial charge in [0.1, 0.15) is 11.3 Å². The number of carbonyl (C=O) groups is 1. The summed E-state index contributed by atoms with van der Waals surface area (Å²) in [4.78, 5) is 15.0. The normalized spacial score (nSPS) is 24.0. The average molecular weight is 343 g/mol. The van der Waals surface area contributed by atoms with E-state index in [0.29, 0.717) is 11.3 Å². The fraction of sp³-hybridized carbons (Fsp3) is 0.550. The number of aryl methyl sites for hydroxylation is 1. The third-order valence-corrected chi connectivity index (χ3v) is 5.71. The Kier molecular flexibility index (Phi) is 4.20. The molecule has 25 heavy (non-hydrogen) atoms. The van der Waals surface area contributed by atoms with Gasteiger partial charge in [0.25, 0.3) is 5.91 Å². The molecular weight excluding hydrogens is 318 g/mol. The molecule has 2 fully saturated rings. The first-order valence-electron chi connectivity index (χ1n) is 9.12. The van der Waals surface area contributed by atoms with Crippen LogP contribution in [0.15, 0.2) is 22.6 Å². The zero-order chi connectivity index (χ0) is 17.4. The molecule has 1 atom stereocenters. The summed E-state index contributed by atoms with van der Waals surface area (Å²) in [6, 6.07) is 5.68. The van der Waals surface area contributed by atoms with Crippen molar-refractivity contribution < 1.29 is 18.7 Å². The number of hydrogen-bond donors (Lipinski definition) is 0. The SMILES string of the molecule is COc1ccc2c(C)c(C(=O)N3CCC[C@]4(CCCO4)CC3)oc2c1. The molecule has 2 saturated heterocycles. The Bertz CT molecular complexity index is 788. The maximum absolute atomic E-state index is 13.1. The van der Waals surface area contributed by atoms with E-state index in [1.165, 1.54) is 0 Å². The highest BCUT2D eigenvalue weighted by Crippen LogP contribution is 2.36. The Morgan fingerprint density at radius 2 is 2.04 bits per heavy atom. The van der Waals surface area contributed by atoms with Crippen LogP contribution >= 0.6 is 0 Å². The molecule has 0 radical (unpaired) electrons. The Balaban J connectivity index is 1.58. The number of ether oxygens (including phenoxy) is 2. The van der Waals surface area contributed by atoms with Crippen molar-refractivity contribution in [2.24, 2.45) is 0 Å². The molecule has 5 heteroatoms. The van der Waals surface area contributed by atoms with E-state index in [-0.39, 0.29) is 11.5 Å². The Hall–Kier alpha value is -2.01. The van der Waals surface area contributed by atoms with Crippen LogP contribution < -0.4 is 4.74 Å². The summed E-state index contributed by atoms with van der Waals surface area (Å²) in [6.45, 7) is 4.31. The number of nitrogens with zero attached hydrogens (tertiary/aromatic N) is 1. The number of carbonyl (C=O) groups excluding carboxylic acids is 1. The first kappa shape index (κ1) is 16.5.